The fourth-order valence-electron chi connectivity index (χ4n) is 6.23. The Kier molecular flexibility index (Phi) is 6.66. The summed E-state index contributed by atoms with van der Waals surface area (Å²) in [5.41, 5.74) is 14.9. The molecule has 0 aliphatic heterocycles. The minimum Gasteiger partial charge on any atom is -0.278 e. The summed E-state index contributed by atoms with van der Waals surface area (Å²) in [6.45, 7) is 1.93. The van der Waals surface area contributed by atoms with Crippen molar-refractivity contribution in [1.82, 2.24) is 24.1 Å². The van der Waals surface area contributed by atoms with Crippen molar-refractivity contribution in [2.24, 2.45) is 0 Å². The molecule has 5 nitrogen and oxygen atoms in total. The average Bonchev–Trinajstić information content (AvgIpc) is 3.64. The van der Waals surface area contributed by atoms with Gasteiger partial charge in [0.2, 0.25) is 11.9 Å². The number of fused-ring (bicyclic) bond motifs is 4. The highest BCUT2D eigenvalue weighted by Gasteiger charge is 2.22. The summed E-state index contributed by atoms with van der Waals surface area (Å²) in [6, 6.07) is 37.8. The van der Waals surface area contributed by atoms with Crippen LogP contribution in [0.1, 0.15) is 30.3 Å². The van der Waals surface area contributed by atoms with Crippen LogP contribution in [0.4, 0.5) is 0 Å². The zero-order chi connectivity index (χ0) is 30.2. The molecule has 45 heavy (non-hydrogen) atoms. The van der Waals surface area contributed by atoms with E-state index in [2.05, 4.69) is 124 Å². The molecule has 0 amide bonds. The number of aryl methyl sites for hydroxylation is 1. The van der Waals surface area contributed by atoms with E-state index in [4.69, 9.17) is 15.0 Å². The molecule has 3 aromatic heterocycles. The normalized spacial score (nSPS) is 12.1. The Labute approximate surface area is 261 Å². The topological polar surface area (TPSA) is 48.5 Å². The maximum atomic E-state index is 5.20. The minimum atomic E-state index is 0.545. The number of benzene rings is 4. The SMILES string of the molecule is CC=C=C=Cc1cc2ccccc2n1-c1nc(-c2ccc(-c3ccccc3)cc2)nc(-n2c3c(c4ccccc42)CCC=C3)n1. The van der Waals surface area contributed by atoms with Crippen LogP contribution in [0.2, 0.25) is 0 Å². The first-order valence-corrected chi connectivity index (χ1v) is 15.2. The molecule has 214 valence electrons. The summed E-state index contributed by atoms with van der Waals surface area (Å²) in [4.78, 5) is 15.5. The fourth-order valence-corrected chi connectivity index (χ4v) is 6.23. The molecule has 0 spiro atoms. The molecule has 7 aromatic rings. The number of aromatic nitrogens is 5. The van der Waals surface area contributed by atoms with E-state index in [0.717, 1.165) is 51.8 Å². The van der Waals surface area contributed by atoms with Crippen LogP contribution in [0.5, 0.6) is 0 Å². The second-order valence-electron chi connectivity index (χ2n) is 11.0. The predicted octanol–water partition coefficient (Wildman–Crippen LogP) is 9.40. The number of allylic oxidation sites excluding steroid dienone is 2. The molecule has 1 aliphatic rings. The zero-order valence-electron chi connectivity index (χ0n) is 24.9. The van der Waals surface area contributed by atoms with Crippen LogP contribution < -0.4 is 0 Å². The highest BCUT2D eigenvalue weighted by atomic mass is 15.3. The number of para-hydroxylation sites is 2. The molecule has 0 saturated carbocycles. The van der Waals surface area contributed by atoms with E-state index in [1.165, 1.54) is 16.5 Å². The van der Waals surface area contributed by atoms with Crippen LogP contribution in [0.3, 0.4) is 0 Å². The third-order valence-electron chi connectivity index (χ3n) is 8.31. The lowest BCUT2D eigenvalue weighted by Gasteiger charge is -2.14. The number of rotatable bonds is 5. The zero-order valence-corrected chi connectivity index (χ0v) is 24.9. The van der Waals surface area contributed by atoms with Crippen LogP contribution in [-0.2, 0) is 6.42 Å². The number of nitrogens with zero attached hydrogens (tertiary/aromatic N) is 5. The summed E-state index contributed by atoms with van der Waals surface area (Å²) < 4.78 is 4.27. The Bertz CT molecular complexity index is 2340. The lowest BCUT2D eigenvalue weighted by molar-refractivity contribution is 0.856. The Hall–Kier alpha value is -5.99. The molecular weight excluding hydrogens is 550 g/mol. The van der Waals surface area contributed by atoms with Crippen LogP contribution >= 0.6 is 0 Å². The molecule has 0 bridgehead atoms. The van der Waals surface area contributed by atoms with Gasteiger partial charge in [0.05, 0.1) is 22.4 Å². The van der Waals surface area contributed by atoms with Gasteiger partial charge in [0.15, 0.2) is 5.82 Å². The largest absolute Gasteiger partial charge is 0.278 e. The Morgan fingerprint density at radius 1 is 0.667 bits per heavy atom. The molecule has 0 fully saturated rings. The van der Waals surface area contributed by atoms with Gasteiger partial charge in [0.25, 0.3) is 0 Å². The van der Waals surface area contributed by atoms with Gasteiger partial charge in [-0.1, -0.05) is 109 Å². The average molecular weight is 580 g/mol. The van der Waals surface area contributed by atoms with Crippen molar-refractivity contribution in [3.63, 3.8) is 0 Å². The maximum Gasteiger partial charge on any atom is 0.240 e. The van der Waals surface area contributed by atoms with Crippen LogP contribution in [0, 0.1) is 0 Å². The summed E-state index contributed by atoms with van der Waals surface area (Å²) in [5, 5.41) is 2.33. The van der Waals surface area contributed by atoms with E-state index in [9.17, 15) is 0 Å². The van der Waals surface area contributed by atoms with E-state index in [1.807, 2.05) is 37.3 Å². The quantitative estimate of drug-likeness (QED) is 0.191. The molecule has 8 rings (SSSR count). The van der Waals surface area contributed by atoms with E-state index in [-0.39, 0.29) is 0 Å². The molecule has 0 saturated heterocycles. The van der Waals surface area contributed by atoms with Gasteiger partial charge in [0.1, 0.15) is 0 Å². The van der Waals surface area contributed by atoms with Gasteiger partial charge >= 0.3 is 0 Å². The van der Waals surface area contributed by atoms with Gasteiger partial charge < -0.3 is 0 Å². The predicted molar refractivity (Wildman–Crippen MR) is 183 cm³/mol. The third-order valence-corrected chi connectivity index (χ3v) is 8.31. The van der Waals surface area contributed by atoms with Gasteiger partial charge in [-0.2, -0.15) is 15.0 Å². The van der Waals surface area contributed by atoms with E-state index in [0.29, 0.717) is 17.7 Å². The molecule has 3 heterocycles. The summed E-state index contributed by atoms with van der Waals surface area (Å²) in [7, 11) is 0. The summed E-state index contributed by atoms with van der Waals surface area (Å²) >= 11 is 0. The molecular formula is C40H29N5. The molecule has 4 aromatic carbocycles. The third kappa shape index (κ3) is 4.74. The number of hydrogen-bond acceptors (Lipinski definition) is 3. The van der Waals surface area contributed by atoms with Gasteiger partial charge in [0, 0.05) is 22.4 Å². The first-order valence-electron chi connectivity index (χ1n) is 15.2. The fraction of sp³-hybridized carbons (Fsp3) is 0.0750. The first kappa shape index (κ1) is 26.6. The van der Waals surface area contributed by atoms with Crippen LogP contribution in [0.25, 0.3) is 68.4 Å². The molecule has 0 unspecified atom stereocenters. The van der Waals surface area contributed by atoms with Crippen molar-refractivity contribution in [1.29, 1.82) is 0 Å². The van der Waals surface area contributed by atoms with Crippen molar-refractivity contribution in [3.05, 3.63) is 150 Å². The highest BCUT2D eigenvalue weighted by Crippen LogP contribution is 2.34. The van der Waals surface area contributed by atoms with Crippen LogP contribution in [-0.4, -0.2) is 24.1 Å². The van der Waals surface area contributed by atoms with Gasteiger partial charge in [-0.3, -0.25) is 9.13 Å². The minimum absolute atomic E-state index is 0.545. The van der Waals surface area contributed by atoms with Gasteiger partial charge in [-0.05, 0) is 66.8 Å². The lowest BCUT2D eigenvalue weighted by Crippen LogP contribution is -2.12. The highest BCUT2D eigenvalue weighted by molar-refractivity contribution is 5.90. The van der Waals surface area contributed by atoms with Crippen molar-refractivity contribution < 1.29 is 0 Å². The first-order chi connectivity index (χ1) is 22.3. The summed E-state index contributed by atoms with van der Waals surface area (Å²) in [6.07, 6.45) is 10.2. The molecule has 0 N–H and O–H groups in total. The molecule has 0 radical (unpaired) electrons. The van der Waals surface area contributed by atoms with Gasteiger partial charge in [-0.25, -0.2) is 0 Å². The maximum absolute atomic E-state index is 5.20. The molecule has 5 heteroatoms. The Morgan fingerprint density at radius 2 is 1.36 bits per heavy atom. The van der Waals surface area contributed by atoms with E-state index < -0.39 is 0 Å². The molecule has 1 aliphatic carbocycles. The van der Waals surface area contributed by atoms with E-state index >= 15 is 0 Å². The van der Waals surface area contributed by atoms with Crippen molar-refractivity contribution in [2.45, 2.75) is 19.8 Å². The lowest BCUT2D eigenvalue weighted by atomic mass is 10.0. The smallest absolute Gasteiger partial charge is 0.240 e. The van der Waals surface area contributed by atoms with Crippen molar-refractivity contribution in [3.8, 4) is 34.4 Å². The monoisotopic (exact) mass is 579 g/mol. The number of hydrogen-bond donors (Lipinski definition) is 0. The standard InChI is InChI=1S/C40H29N5/c1-2-3-5-17-32-27-31-16-8-11-20-35(31)44(32)39-41-38(30-25-23-29(24-26-30)28-14-6-4-7-15-28)42-40(43-39)45-36-21-12-9-18-33(36)34-19-10-13-22-37(34)45/h2,4,6-9,11-18,20-27H,10,19H2,1H3. The van der Waals surface area contributed by atoms with Crippen molar-refractivity contribution >= 4 is 34.0 Å². The van der Waals surface area contributed by atoms with E-state index in [1.54, 1.807) is 0 Å². The Morgan fingerprint density at radius 3 is 2.18 bits per heavy atom. The second kappa shape index (κ2) is 11.3. The van der Waals surface area contributed by atoms with Crippen molar-refractivity contribution in [2.75, 3.05) is 0 Å². The molecule has 0 atom stereocenters. The Balaban J connectivity index is 1.40. The van der Waals surface area contributed by atoms with Gasteiger partial charge in [-0.15, -0.1) is 0 Å². The second-order valence-corrected chi connectivity index (χ2v) is 11.0. The summed E-state index contributed by atoms with van der Waals surface area (Å²) in [5.74, 6) is 1.74. The van der Waals surface area contributed by atoms with Crippen LogP contribution in [0.15, 0.2) is 133 Å².